The molecule has 1 heterocycles. The highest BCUT2D eigenvalue weighted by molar-refractivity contribution is 6.03. The second kappa shape index (κ2) is 5.67. The minimum absolute atomic E-state index is 0.0301. The summed E-state index contributed by atoms with van der Waals surface area (Å²) in [5, 5.41) is 9.31. The number of benzene rings is 1. The summed E-state index contributed by atoms with van der Waals surface area (Å²) in [6, 6.07) is 9.51. The molecule has 0 saturated heterocycles. The third-order valence-corrected chi connectivity index (χ3v) is 3.26. The Kier molecular flexibility index (Phi) is 3.94. The lowest BCUT2D eigenvalue weighted by molar-refractivity contribution is -0.144. The van der Waals surface area contributed by atoms with Crippen molar-refractivity contribution in [3.63, 3.8) is 0 Å². The molecular weight excluding hydrogens is 270 g/mol. The number of fused-ring (bicyclic) bond motifs is 1. The highest BCUT2D eigenvalue weighted by Crippen LogP contribution is 2.40. The van der Waals surface area contributed by atoms with Gasteiger partial charge in [0.15, 0.2) is 6.61 Å². The topological polar surface area (TPSA) is 73.6 Å². The molecule has 21 heavy (non-hydrogen) atoms. The largest absolute Gasteiger partial charge is 0.457 e. The third kappa shape index (κ3) is 2.58. The highest BCUT2D eigenvalue weighted by Gasteiger charge is 2.31. The van der Waals surface area contributed by atoms with Crippen LogP contribution < -0.4 is 9.80 Å². The fourth-order valence-corrected chi connectivity index (χ4v) is 2.30. The van der Waals surface area contributed by atoms with Crippen LogP contribution in [0.15, 0.2) is 35.7 Å². The normalized spacial score (nSPS) is 12.8. The number of nitrogens with zero attached hydrogens (tertiary/aromatic N) is 3. The van der Waals surface area contributed by atoms with Crippen LogP contribution in [0.4, 0.5) is 11.4 Å². The van der Waals surface area contributed by atoms with Crippen LogP contribution in [-0.4, -0.2) is 32.5 Å². The number of nitriles is 1. The smallest absolute Gasteiger partial charge is 0.303 e. The number of hydrogen-bond acceptors (Lipinski definition) is 6. The van der Waals surface area contributed by atoms with Crippen molar-refractivity contribution in [3.05, 3.63) is 35.7 Å². The van der Waals surface area contributed by atoms with E-state index in [9.17, 15) is 14.9 Å². The Hall–Kier alpha value is -2.81. The molecule has 6 nitrogen and oxygen atoms in total. The lowest BCUT2D eigenvalue weighted by atomic mass is 10.2. The summed E-state index contributed by atoms with van der Waals surface area (Å²) >= 11 is 0. The standard InChI is InChI=1S/C15H15N3O3/c1-10(19)21-9-14(20)11(8-16)15-17(2)12-6-4-5-7-13(12)18(15)3/h4-7H,9H2,1-3H3. The van der Waals surface area contributed by atoms with E-state index in [1.54, 1.807) is 23.9 Å². The van der Waals surface area contributed by atoms with Crippen molar-refractivity contribution in [1.82, 2.24) is 0 Å². The van der Waals surface area contributed by atoms with Crippen molar-refractivity contribution in [1.29, 1.82) is 5.26 Å². The van der Waals surface area contributed by atoms with Gasteiger partial charge in [-0.05, 0) is 12.1 Å². The molecule has 0 amide bonds. The fourth-order valence-electron chi connectivity index (χ4n) is 2.30. The number of ketones is 1. The van der Waals surface area contributed by atoms with Gasteiger partial charge in [0.05, 0.1) is 11.4 Å². The number of carbonyl (C=O) groups is 2. The summed E-state index contributed by atoms with van der Waals surface area (Å²) in [6.07, 6.45) is 0. The maximum absolute atomic E-state index is 12.1. The monoisotopic (exact) mass is 285 g/mol. The van der Waals surface area contributed by atoms with E-state index in [1.165, 1.54) is 6.92 Å². The SMILES string of the molecule is CC(=O)OCC(=O)C(C#N)=C1N(C)c2ccccc2N1C. The summed E-state index contributed by atoms with van der Waals surface area (Å²) in [7, 11) is 3.57. The van der Waals surface area contributed by atoms with Crippen molar-refractivity contribution in [3.8, 4) is 6.07 Å². The Balaban J connectivity index is 2.41. The quantitative estimate of drug-likeness (QED) is 0.475. The Bertz CT molecular complexity index is 642. The maximum atomic E-state index is 12.1. The van der Waals surface area contributed by atoms with Crippen LogP contribution >= 0.6 is 0 Å². The molecule has 0 aromatic heterocycles. The molecule has 0 bridgehead atoms. The molecule has 0 fully saturated rings. The van der Waals surface area contributed by atoms with Crippen LogP contribution in [-0.2, 0) is 14.3 Å². The number of anilines is 2. The summed E-state index contributed by atoms with van der Waals surface area (Å²) < 4.78 is 4.68. The Morgan fingerprint density at radius 1 is 1.19 bits per heavy atom. The molecular formula is C15H15N3O3. The molecule has 1 aromatic rings. The van der Waals surface area contributed by atoms with E-state index < -0.39 is 18.4 Å². The van der Waals surface area contributed by atoms with E-state index in [4.69, 9.17) is 0 Å². The number of para-hydroxylation sites is 2. The van der Waals surface area contributed by atoms with Gasteiger partial charge in [0.2, 0.25) is 5.78 Å². The first kappa shape index (κ1) is 14.6. The summed E-state index contributed by atoms with van der Waals surface area (Å²) in [6.45, 7) is 0.788. The van der Waals surface area contributed by atoms with Gasteiger partial charge in [-0.25, -0.2) is 0 Å². The number of Topliss-reactive ketones (excluding diaryl/α,β-unsaturated/α-hetero) is 1. The molecule has 0 atom stereocenters. The molecule has 0 radical (unpaired) electrons. The maximum Gasteiger partial charge on any atom is 0.303 e. The molecule has 1 aliphatic rings. The first-order valence-corrected chi connectivity index (χ1v) is 6.34. The van der Waals surface area contributed by atoms with Crippen molar-refractivity contribution < 1.29 is 14.3 Å². The zero-order valence-electron chi connectivity index (χ0n) is 12.1. The molecule has 6 heteroatoms. The van der Waals surface area contributed by atoms with E-state index in [1.807, 2.05) is 30.3 Å². The van der Waals surface area contributed by atoms with Gasteiger partial charge < -0.3 is 14.5 Å². The molecule has 108 valence electrons. The van der Waals surface area contributed by atoms with Gasteiger partial charge in [-0.15, -0.1) is 0 Å². The first-order chi connectivity index (χ1) is 9.97. The number of ether oxygens (including phenoxy) is 1. The van der Waals surface area contributed by atoms with Crippen LogP contribution in [0.5, 0.6) is 0 Å². The average Bonchev–Trinajstić information content (AvgIpc) is 2.72. The van der Waals surface area contributed by atoms with Crippen LogP contribution in [0.2, 0.25) is 0 Å². The molecule has 0 N–H and O–H groups in total. The third-order valence-electron chi connectivity index (χ3n) is 3.26. The van der Waals surface area contributed by atoms with Gasteiger partial charge in [0, 0.05) is 21.0 Å². The van der Waals surface area contributed by atoms with Crippen molar-refractivity contribution in [2.45, 2.75) is 6.92 Å². The predicted octanol–water partition coefficient (Wildman–Crippen LogP) is 1.44. The lowest BCUT2D eigenvalue weighted by Gasteiger charge is -2.19. The van der Waals surface area contributed by atoms with Crippen molar-refractivity contribution >= 4 is 23.1 Å². The van der Waals surface area contributed by atoms with E-state index in [0.717, 1.165) is 11.4 Å². The molecule has 2 rings (SSSR count). The minimum atomic E-state index is -0.554. The average molecular weight is 285 g/mol. The number of carbonyl (C=O) groups excluding carboxylic acids is 2. The van der Waals surface area contributed by atoms with Crippen LogP contribution in [0.25, 0.3) is 0 Å². The molecule has 0 saturated carbocycles. The van der Waals surface area contributed by atoms with Gasteiger partial charge in [-0.1, -0.05) is 12.1 Å². The van der Waals surface area contributed by atoms with Crippen molar-refractivity contribution in [2.75, 3.05) is 30.5 Å². The van der Waals surface area contributed by atoms with E-state index in [0.29, 0.717) is 5.82 Å². The van der Waals surface area contributed by atoms with Gasteiger partial charge >= 0.3 is 5.97 Å². The Labute approximate surface area is 122 Å². The zero-order chi connectivity index (χ0) is 15.6. The molecule has 0 spiro atoms. The lowest BCUT2D eigenvalue weighted by Crippen LogP contribution is -2.27. The molecule has 1 aromatic carbocycles. The summed E-state index contributed by atoms with van der Waals surface area (Å²) in [5.41, 5.74) is 1.78. The molecule has 0 unspecified atom stereocenters. The first-order valence-electron chi connectivity index (χ1n) is 6.34. The van der Waals surface area contributed by atoms with Gasteiger partial charge in [-0.2, -0.15) is 5.26 Å². The fraction of sp³-hybridized carbons (Fsp3) is 0.267. The van der Waals surface area contributed by atoms with E-state index in [2.05, 4.69) is 4.74 Å². The van der Waals surface area contributed by atoms with E-state index in [-0.39, 0.29) is 5.57 Å². The van der Waals surface area contributed by atoms with E-state index >= 15 is 0 Å². The van der Waals surface area contributed by atoms with Gasteiger partial charge in [0.1, 0.15) is 17.5 Å². The molecule has 1 aliphatic heterocycles. The predicted molar refractivity (Wildman–Crippen MR) is 77.5 cm³/mol. The van der Waals surface area contributed by atoms with Crippen LogP contribution in [0, 0.1) is 11.3 Å². The highest BCUT2D eigenvalue weighted by atomic mass is 16.5. The number of hydrogen-bond donors (Lipinski definition) is 0. The second-order valence-electron chi connectivity index (χ2n) is 4.62. The number of rotatable bonds is 3. The zero-order valence-corrected chi connectivity index (χ0v) is 12.1. The summed E-state index contributed by atoms with van der Waals surface area (Å²) in [4.78, 5) is 26.4. The summed E-state index contributed by atoms with van der Waals surface area (Å²) in [5.74, 6) is -0.591. The molecule has 0 aliphatic carbocycles. The van der Waals surface area contributed by atoms with Crippen LogP contribution in [0.3, 0.4) is 0 Å². The van der Waals surface area contributed by atoms with Gasteiger partial charge in [-0.3, -0.25) is 9.59 Å². The van der Waals surface area contributed by atoms with Gasteiger partial charge in [0.25, 0.3) is 0 Å². The second-order valence-corrected chi connectivity index (χ2v) is 4.62. The number of esters is 1. The van der Waals surface area contributed by atoms with Crippen molar-refractivity contribution in [2.24, 2.45) is 0 Å². The minimum Gasteiger partial charge on any atom is -0.457 e. The Morgan fingerprint density at radius 3 is 2.14 bits per heavy atom. The Morgan fingerprint density at radius 2 is 1.71 bits per heavy atom. The van der Waals surface area contributed by atoms with Crippen LogP contribution in [0.1, 0.15) is 6.92 Å².